The predicted octanol–water partition coefficient (Wildman–Crippen LogP) is 1.11. The van der Waals surface area contributed by atoms with Crippen molar-refractivity contribution in [3.63, 3.8) is 0 Å². The molecule has 0 radical (unpaired) electrons. The third-order valence-corrected chi connectivity index (χ3v) is 3.48. The van der Waals surface area contributed by atoms with Gasteiger partial charge in [-0.05, 0) is 26.3 Å². The van der Waals surface area contributed by atoms with Crippen molar-refractivity contribution in [2.75, 3.05) is 47.1 Å². The molecule has 2 unspecified atom stereocenters. The minimum absolute atomic E-state index is 0.457. The molecular formula is C13H28N2O2. The summed E-state index contributed by atoms with van der Waals surface area (Å²) in [7, 11) is 3.53. The van der Waals surface area contributed by atoms with E-state index in [-0.39, 0.29) is 0 Å². The van der Waals surface area contributed by atoms with E-state index in [9.17, 15) is 0 Å². The van der Waals surface area contributed by atoms with Gasteiger partial charge in [-0.3, -0.25) is 4.90 Å². The number of rotatable bonds is 8. The van der Waals surface area contributed by atoms with Crippen LogP contribution >= 0.6 is 0 Å². The fraction of sp³-hybridized carbons (Fsp3) is 1.00. The van der Waals surface area contributed by atoms with Crippen molar-refractivity contribution < 1.29 is 9.47 Å². The van der Waals surface area contributed by atoms with Crippen LogP contribution in [-0.4, -0.2) is 64.1 Å². The number of hydrogen-bond acceptors (Lipinski definition) is 4. The molecule has 0 spiro atoms. The first-order valence-electron chi connectivity index (χ1n) is 6.73. The number of hydrogen-bond donors (Lipinski definition) is 1. The molecule has 1 saturated heterocycles. The smallest absolute Gasteiger partial charge is 0.0615 e. The van der Waals surface area contributed by atoms with Gasteiger partial charge in [0, 0.05) is 39.4 Å². The van der Waals surface area contributed by atoms with Crippen LogP contribution in [0.4, 0.5) is 0 Å². The Morgan fingerprint density at radius 2 is 2.12 bits per heavy atom. The van der Waals surface area contributed by atoms with Crippen LogP contribution in [0.25, 0.3) is 0 Å². The predicted molar refractivity (Wildman–Crippen MR) is 70.4 cm³/mol. The van der Waals surface area contributed by atoms with Gasteiger partial charge < -0.3 is 14.8 Å². The summed E-state index contributed by atoms with van der Waals surface area (Å²) in [6.45, 7) is 7.06. The maximum atomic E-state index is 5.25. The lowest BCUT2D eigenvalue weighted by Crippen LogP contribution is -2.48. The van der Waals surface area contributed by atoms with Crippen molar-refractivity contribution in [3.8, 4) is 0 Å². The van der Waals surface area contributed by atoms with Gasteiger partial charge in [0.1, 0.15) is 0 Å². The summed E-state index contributed by atoms with van der Waals surface area (Å²) >= 11 is 0. The zero-order valence-electron chi connectivity index (χ0n) is 11.6. The number of methoxy groups -OCH3 is 2. The molecule has 4 heteroatoms. The van der Waals surface area contributed by atoms with Gasteiger partial charge in [-0.2, -0.15) is 0 Å². The van der Waals surface area contributed by atoms with E-state index in [4.69, 9.17) is 9.47 Å². The van der Waals surface area contributed by atoms with Crippen molar-refractivity contribution in [2.45, 2.75) is 38.3 Å². The molecule has 0 bridgehead atoms. The minimum atomic E-state index is 0.457. The Morgan fingerprint density at radius 3 is 2.71 bits per heavy atom. The Bertz CT molecular complexity index is 184. The lowest BCUT2D eigenvalue weighted by Gasteiger charge is -2.34. The second kappa shape index (κ2) is 8.86. The van der Waals surface area contributed by atoms with Crippen LogP contribution in [0.1, 0.15) is 26.2 Å². The number of ether oxygens (including phenoxy) is 2. The first-order chi connectivity index (χ1) is 8.27. The molecule has 1 heterocycles. The molecule has 0 aromatic rings. The summed E-state index contributed by atoms with van der Waals surface area (Å²) in [5.41, 5.74) is 0. The molecule has 0 amide bonds. The van der Waals surface area contributed by atoms with Crippen LogP contribution in [0, 0.1) is 0 Å². The van der Waals surface area contributed by atoms with Crippen LogP contribution in [0.15, 0.2) is 0 Å². The highest BCUT2D eigenvalue weighted by atomic mass is 16.5. The molecule has 1 aliphatic rings. The fourth-order valence-corrected chi connectivity index (χ4v) is 2.41. The third kappa shape index (κ3) is 5.82. The second-order valence-corrected chi connectivity index (χ2v) is 4.94. The summed E-state index contributed by atoms with van der Waals surface area (Å²) in [4.78, 5) is 2.47. The first kappa shape index (κ1) is 14.9. The average Bonchev–Trinajstić information content (AvgIpc) is 2.36. The summed E-state index contributed by atoms with van der Waals surface area (Å²) in [6, 6.07) is 1.10. The molecule has 1 N–H and O–H groups in total. The lowest BCUT2D eigenvalue weighted by molar-refractivity contribution is 0.0665. The highest BCUT2D eigenvalue weighted by molar-refractivity contribution is 4.78. The fourth-order valence-electron chi connectivity index (χ4n) is 2.41. The zero-order valence-corrected chi connectivity index (χ0v) is 11.6. The van der Waals surface area contributed by atoms with E-state index in [1.54, 1.807) is 14.2 Å². The van der Waals surface area contributed by atoms with Crippen LogP contribution in [0.2, 0.25) is 0 Å². The van der Waals surface area contributed by atoms with Gasteiger partial charge in [-0.25, -0.2) is 0 Å². The van der Waals surface area contributed by atoms with Crippen LogP contribution in [0.3, 0.4) is 0 Å². The Hall–Kier alpha value is -0.160. The van der Waals surface area contributed by atoms with E-state index in [0.29, 0.717) is 12.1 Å². The van der Waals surface area contributed by atoms with Crippen molar-refractivity contribution in [3.05, 3.63) is 0 Å². The standard InChI is InChI=1S/C13H28N2O2/c1-12(11-17-3)15(8-9-16-2)10-13-6-4-5-7-14-13/h12-14H,4-11H2,1-3H3. The molecule has 0 aromatic heterocycles. The van der Waals surface area contributed by atoms with Crippen molar-refractivity contribution in [1.29, 1.82) is 0 Å². The van der Waals surface area contributed by atoms with Gasteiger partial charge in [0.2, 0.25) is 0 Å². The van der Waals surface area contributed by atoms with Gasteiger partial charge in [-0.1, -0.05) is 6.42 Å². The second-order valence-electron chi connectivity index (χ2n) is 4.94. The third-order valence-electron chi connectivity index (χ3n) is 3.48. The Morgan fingerprint density at radius 1 is 1.29 bits per heavy atom. The molecule has 0 aliphatic carbocycles. The highest BCUT2D eigenvalue weighted by Gasteiger charge is 2.20. The maximum absolute atomic E-state index is 5.25. The summed E-state index contributed by atoms with van der Waals surface area (Å²) in [6.07, 6.45) is 3.97. The number of piperidine rings is 1. The molecule has 1 fully saturated rings. The molecule has 1 aliphatic heterocycles. The van der Waals surface area contributed by atoms with Gasteiger partial charge >= 0.3 is 0 Å². The quantitative estimate of drug-likeness (QED) is 0.693. The monoisotopic (exact) mass is 244 g/mol. The first-order valence-corrected chi connectivity index (χ1v) is 6.73. The minimum Gasteiger partial charge on any atom is -0.383 e. The molecule has 17 heavy (non-hydrogen) atoms. The summed E-state index contributed by atoms with van der Waals surface area (Å²) in [5.74, 6) is 0. The van der Waals surface area contributed by atoms with Gasteiger partial charge in [0.05, 0.1) is 13.2 Å². The molecule has 2 atom stereocenters. The van der Waals surface area contributed by atoms with Crippen LogP contribution < -0.4 is 5.32 Å². The SMILES string of the molecule is COCCN(CC1CCCCN1)C(C)COC. The van der Waals surface area contributed by atoms with E-state index in [1.165, 1.54) is 25.8 Å². The van der Waals surface area contributed by atoms with Gasteiger partial charge in [0.25, 0.3) is 0 Å². The molecule has 4 nitrogen and oxygen atoms in total. The molecule has 102 valence electrons. The van der Waals surface area contributed by atoms with E-state index in [0.717, 1.165) is 26.3 Å². The van der Waals surface area contributed by atoms with Crippen LogP contribution in [-0.2, 0) is 9.47 Å². The topological polar surface area (TPSA) is 33.7 Å². The van der Waals surface area contributed by atoms with Crippen molar-refractivity contribution >= 4 is 0 Å². The average molecular weight is 244 g/mol. The van der Waals surface area contributed by atoms with Crippen molar-refractivity contribution in [1.82, 2.24) is 10.2 Å². The normalized spacial score (nSPS) is 22.9. The van der Waals surface area contributed by atoms with E-state index >= 15 is 0 Å². The summed E-state index contributed by atoms with van der Waals surface area (Å²) < 4.78 is 10.4. The summed E-state index contributed by atoms with van der Waals surface area (Å²) in [5, 5.41) is 3.60. The zero-order chi connectivity index (χ0) is 12.5. The largest absolute Gasteiger partial charge is 0.383 e. The van der Waals surface area contributed by atoms with Gasteiger partial charge in [0.15, 0.2) is 0 Å². The van der Waals surface area contributed by atoms with E-state index in [2.05, 4.69) is 17.1 Å². The molecule has 1 rings (SSSR count). The number of nitrogens with one attached hydrogen (secondary N) is 1. The Kier molecular flexibility index (Phi) is 7.77. The molecule has 0 aromatic carbocycles. The lowest BCUT2D eigenvalue weighted by atomic mass is 10.0. The van der Waals surface area contributed by atoms with E-state index in [1.807, 2.05) is 0 Å². The van der Waals surface area contributed by atoms with Crippen LogP contribution in [0.5, 0.6) is 0 Å². The number of nitrogens with zero attached hydrogens (tertiary/aromatic N) is 1. The van der Waals surface area contributed by atoms with Crippen molar-refractivity contribution in [2.24, 2.45) is 0 Å². The maximum Gasteiger partial charge on any atom is 0.0615 e. The Balaban J connectivity index is 2.37. The van der Waals surface area contributed by atoms with E-state index < -0.39 is 0 Å². The molecule has 0 saturated carbocycles. The molecular weight excluding hydrogens is 216 g/mol. The Labute approximate surface area is 106 Å². The van der Waals surface area contributed by atoms with Gasteiger partial charge in [-0.15, -0.1) is 0 Å². The highest BCUT2D eigenvalue weighted by Crippen LogP contribution is 2.10.